The molecule has 0 saturated carbocycles. The summed E-state index contributed by atoms with van der Waals surface area (Å²) in [6, 6.07) is 8.08. The fourth-order valence-corrected chi connectivity index (χ4v) is 1.14. The third-order valence-corrected chi connectivity index (χ3v) is 1.76. The Labute approximate surface area is 125 Å². The number of rotatable bonds is 3. The van der Waals surface area contributed by atoms with Crippen LogP contribution in [0.25, 0.3) is 5.76 Å². The van der Waals surface area contributed by atoms with Crippen LogP contribution in [0.4, 0.5) is 0 Å². The van der Waals surface area contributed by atoms with E-state index in [9.17, 15) is 0 Å². The van der Waals surface area contributed by atoms with Gasteiger partial charge in [-0.05, 0) is 19.4 Å². The summed E-state index contributed by atoms with van der Waals surface area (Å²) in [7, 11) is 2.00. The van der Waals surface area contributed by atoms with Gasteiger partial charge in [0.15, 0.2) is 0 Å². The average molecular weight is 286 g/mol. The summed E-state index contributed by atoms with van der Waals surface area (Å²) in [5.74, 6) is 0.760. The van der Waals surface area contributed by atoms with Crippen LogP contribution in [0.2, 0.25) is 0 Å². The first kappa shape index (κ1) is 27.1. The number of aliphatic hydroxyl groups is 2. The summed E-state index contributed by atoms with van der Waals surface area (Å²) in [6.45, 7) is 16.5. The molecule has 0 radical (unpaired) electrons. The SMILES string of the molecule is C=C(OCC)c1ccccc1C.CC.CC.CO.CO. The number of aliphatic hydroxyl groups excluding tert-OH is 2. The Morgan fingerprint density at radius 2 is 1.40 bits per heavy atom. The van der Waals surface area contributed by atoms with E-state index in [2.05, 4.69) is 19.6 Å². The zero-order valence-corrected chi connectivity index (χ0v) is 14.5. The lowest BCUT2D eigenvalue weighted by Gasteiger charge is -2.08. The van der Waals surface area contributed by atoms with E-state index in [4.69, 9.17) is 14.9 Å². The van der Waals surface area contributed by atoms with Crippen LogP contribution in [0.15, 0.2) is 30.8 Å². The molecule has 0 atom stereocenters. The van der Waals surface area contributed by atoms with Gasteiger partial charge in [0.25, 0.3) is 0 Å². The van der Waals surface area contributed by atoms with Gasteiger partial charge in [-0.1, -0.05) is 58.5 Å². The van der Waals surface area contributed by atoms with Crippen molar-refractivity contribution in [2.45, 2.75) is 41.5 Å². The molecule has 0 spiro atoms. The standard InChI is InChI=1S/C11H14O.2C2H6.2CH4O/c1-4-12-10(3)11-8-6-5-7-9(11)2;4*1-2/h5-8H,3-4H2,1-2H3;2*1-2H3;2*2H,1H3. The Hall–Kier alpha value is -1.32. The molecular formula is C17H34O3. The predicted octanol–water partition coefficient (Wildman–Crippen LogP) is 4.27. The number of ether oxygens (including phenoxy) is 1. The minimum Gasteiger partial charge on any atom is -0.494 e. The van der Waals surface area contributed by atoms with E-state index in [-0.39, 0.29) is 0 Å². The van der Waals surface area contributed by atoms with E-state index in [0.29, 0.717) is 6.61 Å². The lowest BCUT2D eigenvalue weighted by atomic mass is 10.1. The Balaban J connectivity index is -0.000000138. The summed E-state index contributed by atoms with van der Waals surface area (Å²) >= 11 is 0. The predicted molar refractivity (Wildman–Crippen MR) is 90.8 cm³/mol. The molecule has 1 aromatic carbocycles. The van der Waals surface area contributed by atoms with Crippen LogP contribution in [0.5, 0.6) is 0 Å². The van der Waals surface area contributed by atoms with Crippen LogP contribution in [0.1, 0.15) is 45.7 Å². The zero-order chi connectivity index (χ0) is 17.0. The highest BCUT2D eigenvalue weighted by molar-refractivity contribution is 5.60. The summed E-state index contributed by atoms with van der Waals surface area (Å²) < 4.78 is 5.31. The molecule has 0 aliphatic heterocycles. The van der Waals surface area contributed by atoms with Crippen molar-refractivity contribution in [2.24, 2.45) is 0 Å². The summed E-state index contributed by atoms with van der Waals surface area (Å²) in [5.41, 5.74) is 2.30. The van der Waals surface area contributed by atoms with Crippen molar-refractivity contribution in [3.8, 4) is 0 Å². The van der Waals surface area contributed by atoms with Gasteiger partial charge in [-0.3, -0.25) is 0 Å². The second kappa shape index (κ2) is 26.3. The molecule has 120 valence electrons. The van der Waals surface area contributed by atoms with Crippen molar-refractivity contribution in [3.63, 3.8) is 0 Å². The fourth-order valence-electron chi connectivity index (χ4n) is 1.14. The maximum atomic E-state index is 7.00. The Kier molecular flexibility index (Phi) is 35.6. The average Bonchev–Trinajstić information content (AvgIpc) is 2.56. The molecule has 0 aliphatic carbocycles. The van der Waals surface area contributed by atoms with E-state index in [1.807, 2.05) is 52.8 Å². The van der Waals surface area contributed by atoms with Gasteiger partial charge in [0.2, 0.25) is 0 Å². The fraction of sp³-hybridized carbons (Fsp3) is 0.529. The normalized spacial score (nSPS) is 6.90. The molecule has 0 amide bonds. The van der Waals surface area contributed by atoms with Crippen LogP contribution < -0.4 is 0 Å². The molecule has 0 heterocycles. The van der Waals surface area contributed by atoms with Crippen LogP contribution in [-0.4, -0.2) is 31.0 Å². The van der Waals surface area contributed by atoms with Gasteiger partial charge in [-0.15, -0.1) is 0 Å². The Bertz CT molecular complexity index is 283. The third-order valence-electron chi connectivity index (χ3n) is 1.76. The van der Waals surface area contributed by atoms with E-state index in [1.165, 1.54) is 5.56 Å². The molecule has 0 fully saturated rings. The van der Waals surface area contributed by atoms with Crippen molar-refractivity contribution in [3.05, 3.63) is 42.0 Å². The monoisotopic (exact) mass is 286 g/mol. The lowest BCUT2D eigenvalue weighted by molar-refractivity contribution is 0.299. The van der Waals surface area contributed by atoms with Crippen molar-refractivity contribution >= 4 is 5.76 Å². The molecule has 0 aliphatic rings. The minimum absolute atomic E-state index is 0.674. The van der Waals surface area contributed by atoms with E-state index < -0.39 is 0 Å². The number of benzene rings is 1. The number of aryl methyl sites for hydroxylation is 1. The second-order valence-electron chi connectivity index (χ2n) is 2.67. The van der Waals surface area contributed by atoms with Crippen LogP contribution >= 0.6 is 0 Å². The van der Waals surface area contributed by atoms with E-state index in [0.717, 1.165) is 25.5 Å². The number of hydrogen-bond acceptors (Lipinski definition) is 3. The van der Waals surface area contributed by atoms with E-state index >= 15 is 0 Å². The van der Waals surface area contributed by atoms with Gasteiger partial charge in [-0.25, -0.2) is 0 Å². The van der Waals surface area contributed by atoms with Crippen molar-refractivity contribution in [2.75, 3.05) is 20.8 Å². The lowest BCUT2D eigenvalue weighted by Crippen LogP contribution is -1.92. The maximum absolute atomic E-state index is 7.00. The molecule has 3 nitrogen and oxygen atoms in total. The van der Waals surface area contributed by atoms with Gasteiger partial charge in [0, 0.05) is 19.8 Å². The smallest absolute Gasteiger partial charge is 0.119 e. The second-order valence-corrected chi connectivity index (χ2v) is 2.67. The molecular weight excluding hydrogens is 252 g/mol. The Morgan fingerprint density at radius 3 is 1.75 bits per heavy atom. The van der Waals surface area contributed by atoms with Gasteiger partial charge in [0.1, 0.15) is 5.76 Å². The molecule has 0 saturated heterocycles. The van der Waals surface area contributed by atoms with Gasteiger partial charge in [0.05, 0.1) is 6.61 Å². The van der Waals surface area contributed by atoms with Crippen LogP contribution in [-0.2, 0) is 4.74 Å². The molecule has 0 aromatic heterocycles. The molecule has 2 N–H and O–H groups in total. The van der Waals surface area contributed by atoms with E-state index in [1.54, 1.807) is 0 Å². The van der Waals surface area contributed by atoms with Crippen molar-refractivity contribution < 1.29 is 14.9 Å². The topological polar surface area (TPSA) is 49.7 Å². The molecule has 3 heteroatoms. The first-order valence-corrected chi connectivity index (χ1v) is 7.03. The molecule has 1 rings (SSSR count). The zero-order valence-electron chi connectivity index (χ0n) is 14.5. The Morgan fingerprint density at radius 1 is 1.00 bits per heavy atom. The highest BCUT2D eigenvalue weighted by Gasteiger charge is 2.00. The minimum atomic E-state index is 0.674. The highest BCUT2D eigenvalue weighted by Crippen LogP contribution is 2.17. The summed E-state index contributed by atoms with van der Waals surface area (Å²) in [6.07, 6.45) is 0. The summed E-state index contributed by atoms with van der Waals surface area (Å²) in [4.78, 5) is 0. The first-order chi connectivity index (χ1) is 9.75. The summed E-state index contributed by atoms with van der Waals surface area (Å²) in [5, 5.41) is 14.0. The molecule has 1 aromatic rings. The van der Waals surface area contributed by atoms with Crippen LogP contribution in [0, 0.1) is 6.92 Å². The van der Waals surface area contributed by atoms with Gasteiger partial charge < -0.3 is 14.9 Å². The molecule has 0 bridgehead atoms. The van der Waals surface area contributed by atoms with Crippen LogP contribution in [0.3, 0.4) is 0 Å². The van der Waals surface area contributed by atoms with Crippen molar-refractivity contribution in [1.82, 2.24) is 0 Å². The van der Waals surface area contributed by atoms with Crippen molar-refractivity contribution in [1.29, 1.82) is 0 Å². The molecule has 20 heavy (non-hydrogen) atoms. The maximum Gasteiger partial charge on any atom is 0.119 e. The molecule has 0 unspecified atom stereocenters. The van der Waals surface area contributed by atoms with Gasteiger partial charge >= 0.3 is 0 Å². The highest BCUT2D eigenvalue weighted by atomic mass is 16.5. The largest absolute Gasteiger partial charge is 0.494 e. The quantitative estimate of drug-likeness (QED) is 0.816. The van der Waals surface area contributed by atoms with Gasteiger partial charge in [-0.2, -0.15) is 0 Å². The first-order valence-electron chi connectivity index (χ1n) is 7.03. The number of hydrogen-bond donors (Lipinski definition) is 2. The third kappa shape index (κ3) is 14.7.